The van der Waals surface area contributed by atoms with Gasteiger partial charge in [0.25, 0.3) is 0 Å². The predicted octanol–water partition coefficient (Wildman–Crippen LogP) is 5.05. The Hall–Kier alpha value is -2.85. The summed E-state index contributed by atoms with van der Waals surface area (Å²) < 4.78 is 28.2. The molecule has 0 saturated carbocycles. The van der Waals surface area contributed by atoms with Crippen molar-refractivity contribution in [2.75, 3.05) is 5.32 Å². The smallest absolute Gasteiger partial charge is 0.321 e. The summed E-state index contributed by atoms with van der Waals surface area (Å²) in [6, 6.07) is 9.13. The number of nitrogens with zero attached hydrogens (tertiary/aromatic N) is 2. The number of fused-ring (bicyclic) bond motifs is 1. The predicted molar refractivity (Wildman–Crippen MR) is 107 cm³/mol. The van der Waals surface area contributed by atoms with E-state index in [0.29, 0.717) is 10.5 Å². The SMILES string of the molecule is O=C(NCc1ncc(-c2ccc(Br)cc2)[nH]1)Nc1nc2c(F)cc(F)cc2s1. The number of thiazole rings is 1. The Labute approximate surface area is 170 Å². The van der Waals surface area contributed by atoms with Crippen LogP contribution in [0, 0.1) is 11.6 Å². The molecule has 0 aliphatic heterocycles. The number of carbonyl (C=O) groups excluding carboxylic acids is 1. The van der Waals surface area contributed by atoms with E-state index in [1.54, 1.807) is 6.20 Å². The van der Waals surface area contributed by atoms with Gasteiger partial charge in [0.2, 0.25) is 0 Å². The number of rotatable bonds is 4. The van der Waals surface area contributed by atoms with E-state index in [1.807, 2.05) is 24.3 Å². The minimum Gasteiger partial charge on any atom is -0.341 e. The second kappa shape index (κ2) is 7.64. The summed E-state index contributed by atoms with van der Waals surface area (Å²) in [6.45, 7) is 0.163. The molecular formula is C18H12BrF2N5OS. The first-order valence-electron chi connectivity index (χ1n) is 8.08. The number of hydrogen-bond donors (Lipinski definition) is 3. The van der Waals surface area contributed by atoms with Gasteiger partial charge in [-0.2, -0.15) is 0 Å². The van der Waals surface area contributed by atoms with Crippen LogP contribution < -0.4 is 10.6 Å². The van der Waals surface area contributed by atoms with Crippen LogP contribution in [0.5, 0.6) is 0 Å². The molecule has 6 nitrogen and oxygen atoms in total. The van der Waals surface area contributed by atoms with Crippen molar-refractivity contribution < 1.29 is 13.6 Å². The third-order valence-corrected chi connectivity index (χ3v) is 5.28. The van der Waals surface area contributed by atoms with Crippen molar-refractivity contribution in [3.05, 3.63) is 64.5 Å². The lowest BCUT2D eigenvalue weighted by Crippen LogP contribution is -2.28. The highest BCUT2D eigenvalue weighted by molar-refractivity contribution is 9.10. The minimum absolute atomic E-state index is 0.0203. The molecule has 2 aromatic heterocycles. The molecule has 4 rings (SSSR count). The number of aromatic amines is 1. The molecule has 0 atom stereocenters. The fourth-order valence-electron chi connectivity index (χ4n) is 2.54. The first-order chi connectivity index (χ1) is 13.5. The summed E-state index contributed by atoms with van der Waals surface area (Å²) in [5.74, 6) is -0.884. The van der Waals surface area contributed by atoms with Crippen molar-refractivity contribution in [2.45, 2.75) is 6.54 Å². The number of urea groups is 1. The van der Waals surface area contributed by atoms with E-state index in [0.717, 1.165) is 33.1 Å². The van der Waals surface area contributed by atoms with Gasteiger partial charge in [0, 0.05) is 10.5 Å². The van der Waals surface area contributed by atoms with Crippen molar-refractivity contribution in [2.24, 2.45) is 0 Å². The highest BCUT2D eigenvalue weighted by Gasteiger charge is 2.13. The van der Waals surface area contributed by atoms with Gasteiger partial charge in [-0.25, -0.2) is 23.5 Å². The number of halogens is 3. The molecule has 142 valence electrons. The molecule has 0 aliphatic rings. The number of imidazole rings is 1. The number of amides is 2. The monoisotopic (exact) mass is 463 g/mol. The van der Waals surface area contributed by atoms with Crippen molar-refractivity contribution in [3.8, 4) is 11.3 Å². The van der Waals surface area contributed by atoms with E-state index in [-0.39, 0.29) is 17.2 Å². The first-order valence-corrected chi connectivity index (χ1v) is 9.69. The lowest BCUT2D eigenvalue weighted by atomic mass is 10.2. The lowest BCUT2D eigenvalue weighted by Gasteiger charge is -2.03. The Morgan fingerprint density at radius 1 is 1.21 bits per heavy atom. The molecule has 0 saturated heterocycles. The minimum atomic E-state index is -0.768. The Morgan fingerprint density at radius 3 is 2.79 bits per heavy atom. The normalized spacial score (nSPS) is 11.0. The van der Waals surface area contributed by atoms with Crippen LogP contribution in [0.15, 0.2) is 47.1 Å². The lowest BCUT2D eigenvalue weighted by molar-refractivity contribution is 0.251. The number of aromatic nitrogens is 3. The van der Waals surface area contributed by atoms with Crippen molar-refractivity contribution in [1.29, 1.82) is 0 Å². The Bertz CT molecular complexity index is 1160. The van der Waals surface area contributed by atoms with Gasteiger partial charge in [0.1, 0.15) is 17.2 Å². The summed E-state index contributed by atoms with van der Waals surface area (Å²) in [5.41, 5.74) is 1.82. The van der Waals surface area contributed by atoms with Gasteiger partial charge in [-0.3, -0.25) is 5.32 Å². The van der Waals surface area contributed by atoms with E-state index < -0.39 is 17.7 Å². The average molecular weight is 464 g/mol. The number of H-pyrrole nitrogens is 1. The summed E-state index contributed by atoms with van der Waals surface area (Å²) in [7, 11) is 0. The molecule has 10 heteroatoms. The molecule has 0 bridgehead atoms. The molecule has 0 aliphatic carbocycles. The van der Waals surface area contributed by atoms with Gasteiger partial charge in [-0.05, 0) is 23.8 Å². The second-order valence-corrected chi connectivity index (χ2v) is 7.76. The van der Waals surface area contributed by atoms with E-state index in [4.69, 9.17) is 0 Å². The topological polar surface area (TPSA) is 82.7 Å². The van der Waals surface area contributed by atoms with Crippen LogP contribution in [-0.4, -0.2) is 21.0 Å². The van der Waals surface area contributed by atoms with Crippen molar-refractivity contribution in [1.82, 2.24) is 20.3 Å². The zero-order valence-electron chi connectivity index (χ0n) is 14.1. The number of hydrogen-bond acceptors (Lipinski definition) is 4. The van der Waals surface area contributed by atoms with E-state index in [2.05, 4.69) is 41.5 Å². The molecule has 0 radical (unpaired) electrons. The molecule has 0 spiro atoms. The van der Waals surface area contributed by atoms with Gasteiger partial charge >= 0.3 is 6.03 Å². The first kappa shape index (κ1) is 18.5. The Morgan fingerprint density at radius 2 is 2.00 bits per heavy atom. The maximum absolute atomic E-state index is 13.7. The van der Waals surface area contributed by atoms with Crippen LogP contribution in [-0.2, 0) is 6.54 Å². The van der Waals surface area contributed by atoms with E-state index in [9.17, 15) is 13.6 Å². The van der Waals surface area contributed by atoms with Crippen LogP contribution in [0.4, 0.5) is 18.7 Å². The summed E-state index contributed by atoms with van der Waals surface area (Å²) in [6.07, 6.45) is 1.68. The van der Waals surface area contributed by atoms with Gasteiger partial charge in [0.15, 0.2) is 10.9 Å². The standard InChI is InChI=1S/C18H12BrF2N5OS/c19-10-3-1-9(2-4-10)13-7-22-15(24-13)8-23-17(27)26-18-25-16-12(21)5-11(20)6-14(16)28-18/h1-7H,8H2,(H,22,24)(H2,23,25,26,27). The van der Waals surface area contributed by atoms with Crippen LogP contribution in [0.3, 0.4) is 0 Å². The van der Waals surface area contributed by atoms with E-state index >= 15 is 0 Å². The quantitative estimate of drug-likeness (QED) is 0.396. The fraction of sp³-hybridized carbons (Fsp3) is 0.0556. The molecule has 28 heavy (non-hydrogen) atoms. The highest BCUT2D eigenvalue weighted by Crippen LogP contribution is 2.28. The third kappa shape index (κ3) is 4.02. The molecule has 4 aromatic rings. The zero-order chi connectivity index (χ0) is 19.7. The number of benzene rings is 2. The molecule has 2 heterocycles. The van der Waals surface area contributed by atoms with E-state index in [1.165, 1.54) is 6.07 Å². The molecule has 2 amide bonds. The summed E-state index contributed by atoms with van der Waals surface area (Å²) in [5, 5.41) is 5.33. The Kier molecular flexibility index (Phi) is 5.05. The van der Waals surface area contributed by atoms with Crippen molar-refractivity contribution in [3.63, 3.8) is 0 Å². The molecule has 3 N–H and O–H groups in total. The second-order valence-electron chi connectivity index (χ2n) is 5.81. The van der Waals surface area contributed by atoms with Crippen LogP contribution in [0.1, 0.15) is 5.82 Å². The highest BCUT2D eigenvalue weighted by atomic mass is 79.9. The summed E-state index contributed by atoms with van der Waals surface area (Å²) in [4.78, 5) is 23.4. The number of carbonyl (C=O) groups is 1. The van der Waals surface area contributed by atoms with Gasteiger partial charge in [-0.15, -0.1) is 0 Å². The van der Waals surface area contributed by atoms with Crippen LogP contribution >= 0.6 is 27.3 Å². The molecule has 0 unspecified atom stereocenters. The largest absolute Gasteiger partial charge is 0.341 e. The maximum Gasteiger partial charge on any atom is 0.321 e. The molecule has 2 aromatic carbocycles. The average Bonchev–Trinajstić information content (AvgIpc) is 3.27. The Balaban J connectivity index is 1.38. The summed E-state index contributed by atoms with van der Waals surface area (Å²) >= 11 is 4.37. The van der Waals surface area contributed by atoms with Gasteiger partial charge in [-0.1, -0.05) is 39.4 Å². The number of anilines is 1. The van der Waals surface area contributed by atoms with Crippen LogP contribution in [0.2, 0.25) is 0 Å². The molecule has 0 fully saturated rings. The zero-order valence-corrected chi connectivity index (χ0v) is 16.5. The fourth-order valence-corrected chi connectivity index (χ4v) is 3.71. The number of nitrogens with one attached hydrogen (secondary N) is 3. The third-order valence-electron chi connectivity index (χ3n) is 3.83. The van der Waals surface area contributed by atoms with Crippen molar-refractivity contribution >= 4 is 48.6 Å². The van der Waals surface area contributed by atoms with Gasteiger partial charge in [0.05, 0.1) is 23.1 Å². The van der Waals surface area contributed by atoms with Gasteiger partial charge < -0.3 is 10.3 Å². The van der Waals surface area contributed by atoms with Crippen LogP contribution in [0.25, 0.3) is 21.5 Å². The molecular weight excluding hydrogens is 452 g/mol. The maximum atomic E-state index is 13.7.